The second-order valence-electron chi connectivity index (χ2n) is 7.60. The van der Waals surface area contributed by atoms with Crippen LogP contribution >= 0.6 is 0 Å². The maximum Gasteiger partial charge on any atom is 0.233 e. The molecule has 0 bridgehead atoms. The van der Waals surface area contributed by atoms with Gasteiger partial charge >= 0.3 is 0 Å². The van der Waals surface area contributed by atoms with E-state index in [0.29, 0.717) is 29.8 Å². The lowest BCUT2D eigenvalue weighted by molar-refractivity contribution is -0.138. The molecule has 1 aromatic heterocycles. The molecule has 25 heavy (non-hydrogen) atoms. The summed E-state index contributed by atoms with van der Waals surface area (Å²) in [5.41, 5.74) is 1.56. The molecule has 0 N–H and O–H groups in total. The maximum atomic E-state index is 12.3. The third-order valence-corrected chi connectivity index (χ3v) is 5.88. The Labute approximate surface area is 148 Å². The summed E-state index contributed by atoms with van der Waals surface area (Å²) in [6, 6.07) is 4.65. The van der Waals surface area contributed by atoms with E-state index in [1.165, 1.54) is 0 Å². The van der Waals surface area contributed by atoms with E-state index in [1.807, 2.05) is 6.07 Å². The first-order valence-electron chi connectivity index (χ1n) is 9.13. The number of amides is 1. The quantitative estimate of drug-likeness (QED) is 0.845. The fourth-order valence-electron chi connectivity index (χ4n) is 4.47. The summed E-state index contributed by atoms with van der Waals surface area (Å²) in [5, 5.41) is 9.57. The molecule has 1 atom stereocenters. The molecule has 1 spiro atoms. The van der Waals surface area contributed by atoms with Gasteiger partial charge < -0.3 is 14.5 Å². The number of piperidine rings is 2. The number of nitriles is 1. The third-order valence-electron chi connectivity index (χ3n) is 5.88. The van der Waals surface area contributed by atoms with Crippen molar-refractivity contribution in [3.05, 3.63) is 17.8 Å². The van der Waals surface area contributed by atoms with Gasteiger partial charge in [-0.25, -0.2) is 4.98 Å². The Kier molecular flexibility index (Phi) is 4.03. The number of rotatable bonds is 3. The van der Waals surface area contributed by atoms with Gasteiger partial charge in [0.2, 0.25) is 11.8 Å². The first-order valence-corrected chi connectivity index (χ1v) is 9.13. The highest BCUT2D eigenvalue weighted by molar-refractivity contribution is 5.78. The van der Waals surface area contributed by atoms with Crippen molar-refractivity contribution in [3.8, 4) is 11.9 Å². The standard InChI is InChI=1S/C19H24N4O2/c1-25-18-15(11-20)16(6-9-21-18)22-10-2-7-19(12-22)8-5-17(24)23(13-19)14-3-4-14/h6,9,14H,2-5,7-8,10,12-13H2,1H3/t19-/m0/s1. The van der Waals surface area contributed by atoms with Crippen LogP contribution in [-0.4, -0.2) is 48.6 Å². The second kappa shape index (κ2) is 6.21. The molecule has 1 aromatic rings. The Morgan fingerprint density at radius 3 is 2.92 bits per heavy atom. The van der Waals surface area contributed by atoms with Crippen LogP contribution in [0.2, 0.25) is 0 Å². The topological polar surface area (TPSA) is 69.5 Å². The number of nitrogens with zero attached hydrogens (tertiary/aromatic N) is 4. The van der Waals surface area contributed by atoms with Crippen LogP contribution in [0.1, 0.15) is 44.1 Å². The van der Waals surface area contributed by atoms with E-state index < -0.39 is 0 Å². The second-order valence-corrected chi connectivity index (χ2v) is 7.60. The van der Waals surface area contributed by atoms with Crippen molar-refractivity contribution in [1.29, 1.82) is 5.26 Å². The number of anilines is 1. The van der Waals surface area contributed by atoms with E-state index >= 15 is 0 Å². The first kappa shape index (κ1) is 16.2. The van der Waals surface area contributed by atoms with Gasteiger partial charge in [0.15, 0.2) is 0 Å². The summed E-state index contributed by atoms with van der Waals surface area (Å²) in [6.07, 6.45) is 7.88. The SMILES string of the molecule is COc1nccc(N2CCC[C@]3(CCC(=O)N(C4CC4)C3)C2)c1C#N. The van der Waals surface area contributed by atoms with Crippen molar-refractivity contribution in [2.75, 3.05) is 31.6 Å². The molecule has 1 amide bonds. The third kappa shape index (κ3) is 2.92. The number of aromatic nitrogens is 1. The zero-order valence-electron chi connectivity index (χ0n) is 14.7. The predicted molar refractivity (Wildman–Crippen MR) is 93.4 cm³/mol. The molecule has 0 radical (unpaired) electrons. The summed E-state index contributed by atoms with van der Waals surface area (Å²) in [7, 11) is 1.55. The van der Waals surface area contributed by atoms with Crippen molar-refractivity contribution < 1.29 is 9.53 Å². The van der Waals surface area contributed by atoms with Gasteiger partial charge in [0, 0.05) is 43.7 Å². The monoisotopic (exact) mass is 340 g/mol. The van der Waals surface area contributed by atoms with Crippen LogP contribution in [0.15, 0.2) is 12.3 Å². The maximum absolute atomic E-state index is 12.3. The van der Waals surface area contributed by atoms with E-state index in [2.05, 4.69) is 20.9 Å². The minimum atomic E-state index is 0.151. The van der Waals surface area contributed by atoms with Crippen molar-refractivity contribution >= 4 is 11.6 Å². The molecule has 132 valence electrons. The number of hydrogen-bond acceptors (Lipinski definition) is 5. The summed E-state index contributed by atoms with van der Waals surface area (Å²) < 4.78 is 5.26. The average Bonchev–Trinajstić information content (AvgIpc) is 3.48. The van der Waals surface area contributed by atoms with E-state index in [1.54, 1.807) is 13.3 Å². The fourth-order valence-corrected chi connectivity index (χ4v) is 4.47. The van der Waals surface area contributed by atoms with Gasteiger partial charge in [0.25, 0.3) is 0 Å². The number of likely N-dealkylation sites (tertiary alicyclic amines) is 1. The Morgan fingerprint density at radius 1 is 1.36 bits per heavy atom. The van der Waals surface area contributed by atoms with Gasteiger partial charge in [0.05, 0.1) is 12.8 Å². The van der Waals surface area contributed by atoms with Crippen LogP contribution in [0.25, 0.3) is 0 Å². The van der Waals surface area contributed by atoms with E-state index in [9.17, 15) is 10.1 Å². The van der Waals surface area contributed by atoms with Gasteiger partial charge in [-0.1, -0.05) is 0 Å². The number of hydrogen-bond donors (Lipinski definition) is 0. The van der Waals surface area contributed by atoms with Crippen molar-refractivity contribution in [3.63, 3.8) is 0 Å². The summed E-state index contributed by atoms with van der Waals surface area (Å²) >= 11 is 0. The first-order chi connectivity index (χ1) is 12.2. The highest BCUT2D eigenvalue weighted by Crippen LogP contribution is 2.44. The zero-order chi connectivity index (χ0) is 17.4. The zero-order valence-corrected chi connectivity index (χ0v) is 14.7. The Bertz CT molecular complexity index is 725. The molecule has 4 rings (SSSR count). The lowest BCUT2D eigenvalue weighted by atomic mass is 9.73. The molecule has 6 nitrogen and oxygen atoms in total. The molecule has 3 aliphatic rings. The van der Waals surface area contributed by atoms with Crippen LogP contribution < -0.4 is 9.64 Å². The highest BCUT2D eigenvalue weighted by atomic mass is 16.5. The Balaban J connectivity index is 1.59. The minimum absolute atomic E-state index is 0.151. The van der Waals surface area contributed by atoms with E-state index in [-0.39, 0.29) is 5.41 Å². The summed E-state index contributed by atoms with van der Waals surface area (Å²) in [5.74, 6) is 0.714. The number of carbonyl (C=O) groups excluding carboxylic acids is 1. The largest absolute Gasteiger partial charge is 0.480 e. The normalized spacial score (nSPS) is 26.6. The van der Waals surface area contributed by atoms with E-state index in [4.69, 9.17) is 4.74 Å². The smallest absolute Gasteiger partial charge is 0.233 e. The Hall–Kier alpha value is -2.29. The van der Waals surface area contributed by atoms with Crippen LogP contribution in [0.4, 0.5) is 5.69 Å². The minimum Gasteiger partial charge on any atom is -0.480 e. The van der Waals surface area contributed by atoms with Crippen LogP contribution in [0, 0.1) is 16.7 Å². The molecular formula is C19H24N4O2. The fraction of sp³-hybridized carbons (Fsp3) is 0.632. The van der Waals surface area contributed by atoms with Gasteiger partial charge in [-0.3, -0.25) is 4.79 Å². The summed E-state index contributed by atoms with van der Waals surface area (Å²) in [4.78, 5) is 20.9. The van der Waals surface area contributed by atoms with Gasteiger partial charge in [-0.05, 0) is 38.2 Å². The van der Waals surface area contributed by atoms with Crippen LogP contribution in [0.5, 0.6) is 5.88 Å². The molecule has 1 aliphatic carbocycles. The molecule has 3 fully saturated rings. The molecule has 0 unspecified atom stereocenters. The molecule has 3 heterocycles. The van der Waals surface area contributed by atoms with Crippen molar-refractivity contribution in [1.82, 2.24) is 9.88 Å². The number of carbonyl (C=O) groups is 1. The molecule has 0 aromatic carbocycles. The summed E-state index contributed by atoms with van der Waals surface area (Å²) in [6.45, 7) is 2.70. The number of pyridine rings is 1. The predicted octanol–water partition coefficient (Wildman–Crippen LogP) is 2.33. The lowest BCUT2D eigenvalue weighted by Crippen LogP contribution is -2.54. The van der Waals surface area contributed by atoms with Gasteiger partial charge in [-0.15, -0.1) is 0 Å². The Morgan fingerprint density at radius 2 is 2.20 bits per heavy atom. The average molecular weight is 340 g/mol. The van der Waals surface area contributed by atoms with Crippen LogP contribution in [0.3, 0.4) is 0 Å². The van der Waals surface area contributed by atoms with Crippen LogP contribution in [-0.2, 0) is 4.79 Å². The molecule has 2 aliphatic heterocycles. The van der Waals surface area contributed by atoms with E-state index in [0.717, 1.165) is 57.4 Å². The number of ether oxygens (including phenoxy) is 1. The van der Waals surface area contributed by atoms with Gasteiger partial charge in [-0.2, -0.15) is 5.26 Å². The van der Waals surface area contributed by atoms with Gasteiger partial charge in [0.1, 0.15) is 11.6 Å². The molecular weight excluding hydrogens is 316 g/mol. The molecule has 6 heteroatoms. The number of methoxy groups -OCH3 is 1. The van der Waals surface area contributed by atoms with Crippen molar-refractivity contribution in [2.24, 2.45) is 5.41 Å². The highest BCUT2D eigenvalue weighted by Gasteiger charge is 2.45. The molecule has 1 saturated carbocycles. The van der Waals surface area contributed by atoms with Crippen molar-refractivity contribution in [2.45, 2.75) is 44.6 Å². The lowest BCUT2D eigenvalue weighted by Gasteiger charge is -2.49. The molecule has 2 saturated heterocycles.